The van der Waals surface area contributed by atoms with Crippen LogP contribution in [-0.4, -0.2) is 51.2 Å². The zero-order valence-corrected chi connectivity index (χ0v) is 12.4. The summed E-state index contributed by atoms with van der Waals surface area (Å²) >= 11 is 0. The van der Waals surface area contributed by atoms with Gasteiger partial charge in [0.25, 0.3) is 6.43 Å². The topological polar surface area (TPSA) is 33.7 Å². The van der Waals surface area contributed by atoms with Crippen molar-refractivity contribution in [2.45, 2.75) is 19.4 Å². The summed E-state index contributed by atoms with van der Waals surface area (Å²) in [4.78, 5) is 1.63. The van der Waals surface area contributed by atoms with E-state index in [9.17, 15) is 8.78 Å². The summed E-state index contributed by atoms with van der Waals surface area (Å²) in [7, 11) is 1.70. The zero-order valence-electron chi connectivity index (χ0n) is 12.4. The van der Waals surface area contributed by atoms with E-state index in [1.807, 2.05) is 25.1 Å². The number of nitrogens with one attached hydrogen (secondary N) is 1. The van der Waals surface area contributed by atoms with Crippen LogP contribution in [0, 0.1) is 0 Å². The smallest absolute Gasteiger partial charge is 0.251 e. The van der Waals surface area contributed by atoms with Crippen molar-refractivity contribution in [3.63, 3.8) is 0 Å². The molecule has 1 aromatic rings. The molecule has 1 aliphatic heterocycles. The van der Waals surface area contributed by atoms with Crippen molar-refractivity contribution < 1.29 is 18.3 Å². The normalized spacial score (nSPS) is 15.5. The molecule has 1 aromatic carbocycles. The number of alkyl halides is 2. The van der Waals surface area contributed by atoms with Gasteiger partial charge in [0, 0.05) is 12.6 Å². The zero-order chi connectivity index (χ0) is 15.2. The van der Waals surface area contributed by atoms with Gasteiger partial charge in [0.2, 0.25) is 0 Å². The maximum atomic E-state index is 12.5. The highest BCUT2D eigenvalue weighted by atomic mass is 19.3. The number of rotatable bonds is 7. The molecule has 1 unspecified atom stereocenters. The third-order valence-corrected chi connectivity index (χ3v) is 3.36. The highest BCUT2D eigenvalue weighted by Crippen LogP contribution is 2.32. The van der Waals surface area contributed by atoms with E-state index in [0.29, 0.717) is 19.8 Å². The Labute approximate surface area is 124 Å². The van der Waals surface area contributed by atoms with Gasteiger partial charge in [0.15, 0.2) is 11.5 Å². The van der Waals surface area contributed by atoms with Gasteiger partial charge in [-0.1, -0.05) is 13.0 Å². The van der Waals surface area contributed by atoms with Gasteiger partial charge in [-0.2, -0.15) is 0 Å². The monoisotopic (exact) mass is 300 g/mol. The molecule has 0 fully saturated rings. The van der Waals surface area contributed by atoms with Gasteiger partial charge in [-0.3, -0.25) is 4.90 Å². The van der Waals surface area contributed by atoms with Crippen LogP contribution < -0.4 is 14.8 Å². The lowest BCUT2D eigenvalue weighted by molar-refractivity contribution is 0.0959. The van der Waals surface area contributed by atoms with E-state index in [4.69, 9.17) is 9.47 Å². The minimum Gasteiger partial charge on any atom is -0.486 e. The molecule has 1 heterocycles. The van der Waals surface area contributed by atoms with Gasteiger partial charge in [0.05, 0.1) is 6.54 Å². The lowest BCUT2D eigenvalue weighted by atomic mass is 10.1. The van der Waals surface area contributed by atoms with Crippen molar-refractivity contribution in [2.24, 2.45) is 0 Å². The van der Waals surface area contributed by atoms with Crippen LogP contribution in [0.4, 0.5) is 8.78 Å². The van der Waals surface area contributed by atoms with Crippen LogP contribution in [0.1, 0.15) is 18.5 Å². The molecule has 2 rings (SSSR count). The molecule has 0 aromatic heterocycles. The lowest BCUT2D eigenvalue weighted by Gasteiger charge is -2.26. The molecule has 0 amide bonds. The van der Waals surface area contributed by atoms with E-state index in [1.54, 1.807) is 11.9 Å². The number of ether oxygens (including phenoxy) is 2. The summed E-state index contributed by atoms with van der Waals surface area (Å²) in [6, 6.07) is 5.74. The molecule has 1 N–H and O–H groups in total. The number of nitrogens with zero attached hydrogens (tertiary/aromatic N) is 1. The average molecular weight is 300 g/mol. The summed E-state index contributed by atoms with van der Waals surface area (Å²) in [6.07, 6.45) is -2.32. The molecule has 0 aliphatic carbocycles. The highest BCUT2D eigenvalue weighted by molar-refractivity contribution is 5.44. The molecule has 118 valence electrons. The molecule has 21 heavy (non-hydrogen) atoms. The number of benzene rings is 1. The molecule has 0 bridgehead atoms. The first kappa shape index (κ1) is 16.0. The van der Waals surface area contributed by atoms with Gasteiger partial charge in [0.1, 0.15) is 13.2 Å². The molecule has 1 aliphatic rings. The Hall–Kier alpha value is -1.40. The number of hydrogen-bond acceptors (Lipinski definition) is 4. The fourth-order valence-electron chi connectivity index (χ4n) is 2.43. The third kappa shape index (κ3) is 4.54. The van der Waals surface area contributed by atoms with Crippen molar-refractivity contribution in [3.8, 4) is 11.5 Å². The van der Waals surface area contributed by atoms with E-state index in [1.165, 1.54) is 0 Å². The molecule has 0 radical (unpaired) electrons. The Morgan fingerprint density at radius 1 is 1.19 bits per heavy atom. The summed E-state index contributed by atoms with van der Waals surface area (Å²) in [6.45, 7) is 4.14. The van der Waals surface area contributed by atoms with Gasteiger partial charge < -0.3 is 14.8 Å². The molecular weight excluding hydrogens is 278 g/mol. The molecule has 6 heteroatoms. The van der Waals surface area contributed by atoms with Crippen molar-refractivity contribution in [1.29, 1.82) is 0 Å². The Bertz CT molecular complexity index is 457. The predicted octanol–water partition coefficient (Wildman–Crippen LogP) is 2.31. The van der Waals surface area contributed by atoms with E-state index in [2.05, 4.69) is 5.32 Å². The molecule has 4 nitrogen and oxygen atoms in total. The van der Waals surface area contributed by atoms with Gasteiger partial charge in [-0.25, -0.2) is 8.78 Å². The van der Waals surface area contributed by atoms with E-state index in [-0.39, 0.29) is 12.6 Å². The van der Waals surface area contributed by atoms with Gasteiger partial charge >= 0.3 is 0 Å². The average Bonchev–Trinajstić information content (AvgIpc) is 2.45. The molecular formula is C15H22F2N2O2. The second kappa shape index (κ2) is 7.56. The Kier molecular flexibility index (Phi) is 5.76. The summed E-state index contributed by atoms with van der Waals surface area (Å²) in [5, 5.41) is 3.33. The SMILES string of the molecule is CCNC(CN(C)CC(F)F)c1ccc2c(c1)OCCO2. The van der Waals surface area contributed by atoms with Gasteiger partial charge in [-0.15, -0.1) is 0 Å². The maximum absolute atomic E-state index is 12.5. The van der Waals surface area contributed by atoms with Crippen molar-refractivity contribution in [3.05, 3.63) is 23.8 Å². The van der Waals surface area contributed by atoms with Crippen LogP contribution in [0.5, 0.6) is 11.5 Å². The Morgan fingerprint density at radius 2 is 1.90 bits per heavy atom. The van der Waals surface area contributed by atoms with Crippen LogP contribution in [0.3, 0.4) is 0 Å². The van der Waals surface area contributed by atoms with Crippen molar-refractivity contribution in [2.75, 3.05) is 39.9 Å². The van der Waals surface area contributed by atoms with Crippen LogP contribution in [0.25, 0.3) is 0 Å². The Morgan fingerprint density at radius 3 is 2.57 bits per heavy atom. The van der Waals surface area contributed by atoms with Crippen molar-refractivity contribution in [1.82, 2.24) is 10.2 Å². The third-order valence-electron chi connectivity index (χ3n) is 3.36. The molecule has 1 atom stereocenters. The van der Waals surface area contributed by atoms with Crippen LogP contribution in [0.2, 0.25) is 0 Å². The minimum absolute atomic E-state index is 0.0189. The van der Waals surface area contributed by atoms with E-state index in [0.717, 1.165) is 23.6 Å². The predicted molar refractivity (Wildman–Crippen MR) is 77.4 cm³/mol. The second-order valence-electron chi connectivity index (χ2n) is 5.13. The number of fused-ring (bicyclic) bond motifs is 1. The fourth-order valence-corrected chi connectivity index (χ4v) is 2.43. The van der Waals surface area contributed by atoms with Crippen LogP contribution in [0.15, 0.2) is 18.2 Å². The summed E-state index contributed by atoms with van der Waals surface area (Å²) in [5.74, 6) is 1.46. The van der Waals surface area contributed by atoms with Crippen LogP contribution >= 0.6 is 0 Å². The highest BCUT2D eigenvalue weighted by Gasteiger charge is 2.19. The number of likely N-dealkylation sites (N-methyl/N-ethyl adjacent to an activating group) is 2. The largest absolute Gasteiger partial charge is 0.486 e. The van der Waals surface area contributed by atoms with E-state index >= 15 is 0 Å². The summed E-state index contributed by atoms with van der Waals surface area (Å²) in [5.41, 5.74) is 1.02. The molecule has 0 spiro atoms. The quantitative estimate of drug-likeness (QED) is 0.838. The first-order chi connectivity index (χ1) is 10.1. The van der Waals surface area contributed by atoms with Crippen LogP contribution in [-0.2, 0) is 0 Å². The second-order valence-corrected chi connectivity index (χ2v) is 5.13. The van der Waals surface area contributed by atoms with Gasteiger partial charge in [-0.05, 0) is 31.3 Å². The first-order valence-corrected chi connectivity index (χ1v) is 7.19. The number of hydrogen-bond donors (Lipinski definition) is 1. The standard InChI is InChI=1S/C15H22F2N2O2/c1-3-18-12(9-19(2)10-15(16)17)11-4-5-13-14(8-11)21-7-6-20-13/h4-5,8,12,15,18H,3,6-7,9-10H2,1-2H3. The molecule has 0 saturated heterocycles. The van der Waals surface area contributed by atoms with Crippen molar-refractivity contribution >= 4 is 0 Å². The molecule has 0 saturated carbocycles. The lowest BCUT2D eigenvalue weighted by Crippen LogP contribution is -2.35. The minimum atomic E-state index is -2.32. The number of halogens is 2. The van der Waals surface area contributed by atoms with E-state index < -0.39 is 6.43 Å². The Balaban J connectivity index is 2.10. The maximum Gasteiger partial charge on any atom is 0.251 e. The fraction of sp³-hybridized carbons (Fsp3) is 0.600. The first-order valence-electron chi connectivity index (χ1n) is 7.19. The summed E-state index contributed by atoms with van der Waals surface area (Å²) < 4.78 is 36.0.